The van der Waals surface area contributed by atoms with Crippen LogP contribution in [0.3, 0.4) is 0 Å². The third-order valence-corrected chi connectivity index (χ3v) is 4.75. The predicted octanol–water partition coefficient (Wildman–Crippen LogP) is 1.50. The van der Waals surface area contributed by atoms with Gasteiger partial charge in [-0.1, -0.05) is 0 Å². The minimum absolute atomic E-state index is 0.00861. The highest BCUT2D eigenvalue weighted by atomic mass is 16.5. The Balaban J connectivity index is 1.54. The van der Waals surface area contributed by atoms with Crippen molar-refractivity contribution in [1.29, 1.82) is 0 Å². The van der Waals surface area contributed by atoms with Crippen molar-refractivity contribution in [2.75, 3.05) is 32.8 Å². The fourth-order valence-corrected chi connectivity index (χ4v) is 3.46. The van der Waals surface area contributed by atoms with Crippen molar-refractivity contribution in [3.63, 3.8) is 0 Å². The molecule has 1 atom stereocenters. The van der Waals surface area contributed by atoms with Crippen molar-refractivity contribution < 1.29 is 14.3 Å². The minimum atomic E-state index is -0.218. The Morgan fingerprint density at radius 3 is 2.52 bits per heavy atom. The highest BCUT2D eigenvalue weighted by Gasteiger charge is 2.36. The van der Waals surface area contributed by atoms with Crippen LogP contribution >= 0.6 is 0 Å². The number of ether oxygens (including phenoxy) is 1. The van der Waals surface area contributed by atoms with Crippen LogP contribution in [0.1, 0.15) is 37.2 Å². The molecule has 0 saturated carbocycles. The molecule has 2 aliphatic heterocycles. The van der Waals surface area contributed by atoms with E-state index in [0.717, 1.165) is 12.8 Å². The van der Waals surface area contributed by atoms with Crippen LogP contribution < -0.4 is 0 Å². The first-order chi connectivity index (χ1) is 11.0. The van der Waals surface area contributed by atoms with Crippen molar-refractivity contribution >= 4 is 11.8 Å². The van der Waals surface area contributed by atoms with Gasteiger partial charge in [-0.25, -0.2) is 0 Å². The van der Waals surface area contributed by atoms with Crippen LogP contribution in [0.2, 0.25) is 0 Å². The van der Waals surface area contributed by atoms with Gasteiger partial charge in [0.2, 0.25) is 5.91 Å². The lowest BCUT2D eigenvalue weighted by molar-refractivity contribution is -0.146. The van der Waals surface area contributed by atoms with Crippen LogP contribution in [-0.2, 0) is 9.53 Å². The molecule has 6 nitrogen and oxygen atoms in total. The molecule has 6 heteroatoms. The quantitative estimate of drug-likeness (QED) is 0.898. The zero-order valence-corrected chi connectivity index (χ0v) is 13.9. The summed E-state index contributed by atoms with van der Waals surface area (Å²) < 4.78 is 5.70. The lowest BCUT2D eigenvalue weighted by atomic mass is 9.87. The predicted molar refractivity (Wildman–Crippen MR) is 86.0 cm³/mol. The average Bonchev–Trinajstić information content (AvgIpc) is 3.07. The van der Waals surface area contributed by atoms with E-state index >= 15 is 0 Å². The number of hydrogen-bond donors (Lipinski definition) is 1. The van der Waals surface area contributed by atoms with Gasteiger partial charge in [0.1, 0.15) is 5.69 Å². The maximum atomic E-state index is 12.7. The smallest absolute Gasteiger partial charge is 0.270 e. The molecule has 2 amide bonds. The molecule has 1 aromatic rings. The summed E-state index contributed by atoms with van der Waals surface area (Å²) in [5.74, 6) is 0.270. The Bertz CT molecular complexity index is 560. The number of aromatic amines is 1. The minimum Gasteiger partial charge on any atom is -0.376 e. The van der Waals surface area contributed by atoms with Crippen molar-refractivity contribution in [2.24, 2.45) is 5.92 Å². The second-order valence-electron chi connectivity index (χ2n) is 7.00. The molecule has 0 unspecified atom stereocenters. The molecule has 0 bridgehead atoms. The third kappa shape index (κ3) is 3.58. The van der Waals surface area contributed by atoms with Gasteiger partial charge in [0.25, 0.3) is 5.91 Å². The van der Waals surface area contributed by atoms with Crippen LogP contribution in [0.4, 0.5) is 0 Å². The number of amides is 2. The summed E-state index contributed by atoms with van der Waals surface area (Å²) in [6, 6.07) is 3.60. The summed E-state index contributed by atoms with van der Waals surface area (Å²) in [5.41, 5.74) is 0.389. The van der Waals surface area contributed by atoms with E-state index < -0.39 is 0 Å². The number of carbonyl (C=O) groups is 2. The third-order valence-electron chi connectivity index (χ3n) is 4.75. The molecule has 0 spiro atoms. The van der Waals surface area contributed by atoms with E-state index in [0.29, 0.717) is 38.5 Å². The van der Waals surface area contributed by atoms with Gasteiger partial charge in [-0.15, -0.1) is 0 Å². The first kappa shape index (κ1) is 16.1. The van der Waals surface area contributed by atoms with Gasteiger partial charge in [-0.05, 0) is 38.8 Å². The SMILES string of the molecule is CC1(C)C[C@H](C(=O)N2CCN(C(=O)c3ccc[nH]3)CC2)CCO1. The highest BCUT2D eigenvalue weighted by Crippen LogP contribution is 2.30. The second-order valence-corrected chi connectivity index (χ2v) is 7.00. The van der Waals surface area contributed by atoms with Crippen LogP contribution in [0.5, 0.6) is 0 Å². The molecule has 0 aromatic carbocycles. The van der Waals surface area contributed by atoms with Crippen molar-refractivity contribution in [1.82, 2.24) is 14.8 Å². The van der Waals surface area contributed by atoms with E-state index in [4.69, 9.17) is 4.74 Å². The Morgan fingerprint density at radius 2 is 1.91 bits per heavy atom. The van der Waals surface area contributed by atoms with E-state index in [2.05, 4.69) is 4.98 Å². The van der Waals surface area contributed by atoms with Gasteiger partial charge < -0.3 is 19.5 Å². The number of nitrogens with one attached hydrogen (secondary N) is 1. The van der Waals surface area contributed by atoms with Crippen molar-refractivity contribution in [2.45, 2.75) is 32.3 Å². The molecular weight excluding hydrogens is 294 g/mol. The number of piperazine rings is 1. The summed E-state index contributed by atoms with van der Waals surface area (Å²) >= 11 is 0. The van der Waals surface area contributed by atoms with E-state index in [1.807, 2.05) is 29.7 Å². The van der Waals surface area contributed by atoms with Crippen LogP contribution in [-0.4, -0.2) is 65.0 Å². The summed E-state index contributed by atoms with van der Waals surface area (Å²) in [5, 5.41) is 0. The maximum absolute atomic E-state index is 12.7. The maximum Gasteiger partial charge on any atom is 0.270 e. The second kappa shape index (κ2) is 6.35. The zero-order valence-electron chi connectivity index (χ0n) is 13.9. The van der Waals surface area contributed by atoms with E-state index in [1.165, 1.54) is 0 Å². The number of nitrogens with zero attached hydrogens (tertiary/aromatic N) is 2. The molecule has 0 radical (unpaired) electrons. The molecule has 2 fully saturated rings. The van der Waals surface area contributed by atoms with E-state index in [1.54, 1.807) is 12.3 Å². The topological polar surface area (TPSA) is 65.6 Å². The molecule has 1 aromatic heterocycles. The Hall–Kier alpha value is -1.82. The molecule has 3 rings (SSSR count). The largest absolute Gasteiger partial charge is 0.376 e. The van der Waals surface area contributed by atoms with Gasteiger partial charge in [-0.2, -0.15) is 0 Å². The molecule has 2 saturated heterocycles. The molecule has 126 valence electrons. The Labute approximate surface area is 136 Å². The lowest BCUT2D eigenvalue weighted by Gasteiger charge is -2.40. The standard InChI is InChI=1S/C17H25N3O3/c1-17(2)12-13(5-11-23-17)15(21)19-7-9-20(10-8-19)16(22)14-4-3-6-18-14/h3-4,6,13,18H,5,7-12H2,1-2H3/t13-/m1/s1. The van der Waals surface area contributed by atoms with Crippen LogP contribution in [0.25, 0.3) is 0 Å². The molecular formula is C17H25N3O3. The summed E-state index contributed by atoms with van der Waals surface area (Å²) in [6.45, 7) is 7.14. The van der Waals surface area contributed by atoms with Crippen molar-refractivity contribution in [3.05, 3.63) is 24.0 Å². The number of hydrogen-bond acceptors (Lipinski definition) is 3. The highest BCUT2D eigenvalue weighted by molar-refractivity contribution is 5.92. The monoisotopic (exact) mass is 319 g/mol. The first-order valence-corrected chi connectivity index (χ1v) is 8.32. The fourth-order valence-electron chi connectivity index (χ4n) is 3.46. The molecule has 23 heavy (non-hydrogen) atoms. The zero-order chi connectivity index (χ0) is 16.4. The average molecular weight is 319 g/mol. The first-order valence-electron chi connectivity index (χ1n) is 8.32. The summed E-state index contributed by atoms with van der Waals surface area (Å²) in [4.78, 5) is 31.7. The van der Waals surface area contributed by atoms with Crippen LogP contribution in [0.15, 0.2) is 18.3 Å². The summed E-state index contributed by atoms with van der Waals surface area (Å²) in [7, 11) is 0. The van der Waals surface area contributed by atoms with Gasteiger partial charge >= 0.3 is 0 Å². The van der Waals surface area contributed by atoms with Gasteiger partial charge in [0, 0.05) is 44.9 Å². The van der Waals surface area contributed by atoms with Gasteiger partial charge in [-0.3, -0.25) is 9.59 Å². The molecule has 1 N–H and O–H groups in total. The Morgan fingerprint density at radius 1 is 1.22 bits per heavy atom. The molecule has 3 heterocycles. The number of rotatable bonds is 2. The number of aromatic nitrogens is 1. The van der Waals surface area contributed by atoms with Crippen molar-refractivity contribution in [3.8, 4) is 0 Å². The van der Waals surface area contributed by atoms with E-state index in [-0.39, 0.29) is 23.3 Å². The van der Waals surface area contributed by atoms with Crippen LogP contribution in [0, 0.1) is 5.92 Å². The van der Waals surface area contributed by atoms with Gasteiger partial charge in [0.15, 0.2) is 0 Å². The Kier molecular flexibility index (Phi) is 4.43. The molecule has 2 aliphatic rings. The van der Waals surface area contributed by atoms with E-state index in [9.17, 15) is 9.59 Å². The fraction of sp³-hybridized carbons (Fsp3) is 0.647. The summed E-state index contributed by atoms with van der Waals surface area (Å²) in [6.07, 6.45) is 3.32. The normalized spacial score (nSPS) is 24.5. The number of H-pyrrole nitrogens is 1. The molecule has 0 aliphatic carbocycles. The van der Waals surface area contributed by atoms with Gasteiger partial charge in [0.05, 0.1) is 5.60 Å². The lowest BCUT2D eigenvalue weighted by Crippen LogP contribution is -2.53. The number of carbonyl (C=O) groups excluding carboxylic acids is 2.